The molecule has 0 bridgehead atoms. The molecule has 4 nitrogen and oxygen atoms in total. The lowest BCUT2D eigenvalue weighted by atomic mass is 10.6. The van der Waals surface area contributed by atoms with E-state index >= 15 is 0 Å². The van der Waals surface area contributed by atoms with Gasteiger partial charge in [0.25, 0.3) is 0 Å². The number of ether oxygens (including phenoxy) is 1. The molecule has 1 aromatic rings. The fourth-order valence-electron chi connectivity index (χ4n) is 1.06. The van der Waals surface area contributed by atoms with Crippen molar-refractivity contribution >= 4 is 11.3 Å². The van der Waals surface area contributed by atoms with Crippen molar-refractivity contribution in [3.05, 3.63) is 10.0 Å². The molecule has 2 rings (SSSR count). The van der Waals surface area contributed by atoms with Crippen LogP contribution in [0.1, 0.15) is 22.9 Å². The Balaban J connectivity index is 1.81. The van der Waals surface area contributed by atoms with Crippen molar-refractivity contribution in [2.45, 2.75) is 32.0 Å². The van der Waals surface area contributed by atoms with E-state index in [1.807, 2.05) is 0 Å². The molecule has 1 aromatic heterocycles. The van der Waals surface area contributed by atoms with Gasteiger partial charge < -0.3 is 10.1 Å². The van der Waals surface area contributed by atoms with Crippen molar-refractivity contribution in [1.82, 2.24) is 15.5 Å². The van der Waals surface area contributed by atoms with Crippen LogP contribution in [0.4, 0.5) is 0 Å². The van der Waals surface area contributed by atoms with Crippen molar-refractivity contribution < 1.29 is 4.74 Å². The molecule has 0 atom stereocenters. The number of aromatic nitrogens is 2. The van der Waals surface area contributed by atoms with Crippen LogP contribution in [0, 0.1) is 0 Å². The maximum Gasteiger partial charge on any atom is 0.143 e. The largest absolute Gasteiger partial charge is 0.377 e. The van der Waals surface area contributed by atoms with Crippen LogP contribution in [-0.2, 0) is 17.9 Å². The first-order valence-corrected chi connectivity index (χ1v) is 5.23. The van der Waals surface area contributed by atoms with Crippen molar-refractivity contribution in [2.75, 3.05) is 7.11 Å². The molecule has 0 unspecified atom stereocenters. The fourth-order valence-corrected chi connectivity index (χ4v) is 1.83. The van der Waals surface area contributed by atoms with Crippen LogP contribution >= 0.6 is 11.3 Å². The Morgan fingerprint density at radius 2 is 2.23 bits per heavy atom. The lowest BCUT2D eigenvalue weighted by Gasteiger charge is -1.95. The molecule has 1 N–H and O–H groups in total. The Bertz CT molecular complexity index is 272. The van der Waals surface area contributed by atoms with Gasteiger partial charge in [0.1, 0.15) is 10.0 Å². The predicted molar refractivity (Wildman–Crippen MR) is 50.5 cm³/mol. The second kappa shape index (κ2) is 4.13. The van der Waals surface area contributed by atoms with E-state index in [1.54, 1.807) is 18.4 Å². The molecule has 1 heterocycles. The number of nitrogens with one attached hydrogen (secondary N) is 1. The molecule has 1 saturated carbocycles. The van der Waals surface area contributed by atoms with Gasteiger partial charge >= 0.3 is 0 Å². The predicted octanol–water partition coefficient (Wildman–Crippen LogP) is 0.936. The molecular formula is C8H13N3OS. The third-order valence-electron chi connectivity index (χ3n) is 1.90. The number of hydrogen-bond acceptors (Lipinski definition) is 5. The Labute approximate surface area is 81.3 Å². The molecule has 0 aromatic carbocycles. The molecular weight excluding hydrogens is 186 g/mol. The number of nitrogens with zero attached hydrogens (tertiary/aromatic N) is 2. The van der Waals surface area contributed by atoms with Gasteiger partial charge in [-0.1, -0.05) is 11.3 Å². The highest BCUT2D eigenvalue weighted by atomic mass is 32.1. The summed E-state index contributed by atoms with van der Waals surface area (Å²) in [6.45, 7) is 1.42. The number of hydrogen-bond donors (Lipinski definition) is 1. The standard InChI is InChI=1S/C8H13N3OS/c1-12-5-8-11-10-7(13-8)4-9-6-2-3-6/h6,9H,2-5H2,1H3. The minimum Gasteiger partial charge on any atom is -0.377 e. The zero-order chi connectivity index (χ0) is 9.10. The van der Waals surface area contributed by atoms with E-state index < -0.39 is 0 Å². The second-order valence-electron chi connectivity index (χ2n) is 3.18. The SMILES string of the molecule is COCc1nnc(CNC2CC2)s1. The maximum atomic E-state index is 4.97. The molecule has 0 aliphatic heterocycles. The van der Waals surface area contributed by atoms with Crippen LogP contribution in [0.3, 0.4) is 0 Å². The third-order valence-corrected chi connectivity index (χ3v) is 2.79. The monoisotopic (exact) mass is 199 g/mol. The van der Waals surface area contributed by atoms with E-state index in [-0.39, 0.29) is 0 Å². The van der Waals surface area contributed by atoms with Gasteiger partial charge in [-0.2, -0.15) is 0 Å². The fraction of sp³-hybridized carbons (Fsp3) is 0.750. The quantitative estimate of drug-likeness (QED) is 0.766. The lowest BCUT2D eigenvalue weighted by molar-refractivity contribution is 0.184. The van der Waals surface area contributed by atoms with Crippen LogP contribution in [0.15, 0.2) is 0 Å². The average Bonchev–Trinajstić information content (AvgIpc) is 2.85. The second-order valence-corrected chi connectivity index (χ2v) is 4.32. The van der Waals surface area contributed by atoms with Gasteiger partial charge in [-0.25, -0.2) is 0 Å². The van der Waals surface area contributed by atoms with Gasteiger partial charge in [0.05, 0.1) is 6.61 Å². The highest BCUT2D eigenvalue weighted by Crippen LogP contribution is 2.20. The van der Waals surface area contributed by atoms with Crippen molar-refractivity contribution in [3.8, 4) is 0 Å². The first-order chi connectivity index (χ1) is 6.38. The molecule has 72 valence electrons. The summed E-state index contributed by atoms with van der Waals surface area (Å²) in [5.74, 6) is 0. The molecule has 1 aliphatic rings. The molecule has 1 aliphatic carbocycles. The summed E-state index contributed by atoms with van der Waals surface area (Å²) >= 11 is 1.62. The minimum atomic E-state index is 0.571. The summed E-state index contributed by atoms with van der Waals surface area (Å²) < 4.78 is 4.97. The third kappa shape index (κ3) is 2.72. The summed E-state index contributed by atoms with van der Waals surface area (Å²) in [6, 6.07) is 0.731. The van der Waals surface area contributed by atoms with Crippen LogP contribution in [0.25, 0.3) is 0 Å². The van der Waals surface area contributed by atoms with Crippen molar-refractivity contribution in [2.24, 2.45) is 0 Å². The van der Waals surface area contributed by atoms with Gasteiger partial charge in [0, 0.05) is 19.7 Å². The Morgan fingerprint density at radius 1 is 1.46 bits per heavy atom. The van der Waals surface area contributed by atoms with E-state index in [1.165, 1.54) is 12.8 Å². The van der Waals surface area contributed by atoms with E-state index in [9.17, 15) is 0 Å². The lowest BCUT2D eigenvalue weighted by Crippen LogP contribution is -2.14. The average molecular weight is 199 g/mol. The van der Waals surface area contributed by atoms with Crippen molar-refractivity contribution in [3.63, 3.8) is 0 Å². The van der Waals surface area contributed by atoms with E-state index in [0.717, 1.165) is 22.6 Å². The van der Waals surface area contributed by atoms with Gasteiger partial charge in [-0.3, -0.25) is 0 Å². The summed E-state index contributed by atoms with van der Waals surface area (Å²) in [5, 5.41) is 13.5. The molecule has 0 spiro atoms. The highest BCUT2D eigenvalue weighted by molar-refractivity contribution is 7.11. The van der Waals surface area contributed by atoms with Gasteiger partial charge in [0.2, 0.25) is 0 Å². The van der Waals surface area contributed by atoms with E-state index in [0.29, 0.717) is 6.61 Å². The zero-order valence-electron chi connectivity index (χ0n) is 7.62. The number of rotatable bonds is 5. The first-order valence-electron chi connectivity index (χ1n) is 4.42. The Morgan fingerprint density at radius 3 is 2.92 bits per heavy atom. The molecule has 0 radical (unpaired) electrons. The molecule has 5 heteroatoms. The summed E-state index contributed by atoms with van der Waals surface area (Å²) in [7, 11) is 1.67. The molecule has 0 saturated heterocycles. The van der Waals surface area contributed by atoms with Gasteiger partial charge in [0.15, 0.2) is 0 Å². The van der Waals surface area contributed by atoms with E-state index in [2.05, 4.69) is 15.5 Å². The Kier molecular flexibility index (Phi) is 2.87. The first kappa shape index (κ1) is 9.05. The summed E-state index contributed by atoms with van der Waals surface area (Å²) in [6.07, 6.45) is 2.62. The zero-order valence-corrected chi connectivity index (χ0v) is 8.43. The summed E-state index contributed by atoms with van der Waals surface area (Å²) in [5.41, 5.74) is 0. The van der Waals surface area contributed by atoms with Crippen LogP contribution < -0.4 is 5.32 Å². The molecule has 13 heavy (non-hydrogen) atoms. The van der Waals surface area contributed by atoms with E-state index in [4.69, 9.17) is 4.74 Å². The van der Waals surface area contributed by atoms with Crippen molar-refractivity contribution in [1.29, 1.82) is 0 Å². The van der Waals surface area contributed by atoms with Gasteiger partial charge in [-0.15, -0.1) is 10.2 Å². The summed E-state index contributed by atoms with van der Waals surface area (Å²) in [4.78, 5) is 0. The van der Waals surface area contributed by atoms with Crippen LogP contribution in [0.2, 0.25) is 0 Å². The maximum absolute atomic E-state index is 4.97. The molecule has 0 amide bonds. The Hall–Kier alpha value is -0.520. The number of methoxy groups -OCH3 is 1. The topological polar surface area (TPSA) is 47.0 Å². The van der Waals surface area contributed by atoms with Crippen LogP contribution in [0.5, 0.6) is 0 Å². The van der Waals surface area contributed by atoms with Gasteiger partial charge in [-0.05, 0) is 12.8 Å². The highest BCUT2D eigenvalue weighted by Gasteiger charge is 2.20. The molecule has 1 fully saturated rings. The minimum absolute atomic E-state index is 0.571. The smallest absolute Gasteiger partial charge is 0.143 e. The van der Waals surface area contributed by atoms with Crippen LogP contribution in [-0.4, -0.2) is 23.3 Å². The normalized spacial score (nSPS) is 16.4.